The van der Waals surface area contributed by atoms with Crippen molar-refractivity contribution in [3.05, 3.63) is 22.4 Å². The average molecular weight is 238 g/mol. The van der Waals surface area contributed by atoms with Crippen molar-refractivity contribution in [1.82, 2.24) is 4.90 Å². The van der Waals surface area contributed by atoms with Crippen LogP contribution in [0.15, 0.2) is 22.0 Å². The van der Waals surface area contributed by atoms with Gasteiger partial charge in [-0.05, 0) is 62.1 Å². The van der Waals surface area contributed by atoms with Gasteiger partial charge in [-0.1, -0.05) is 5.16 Å². The molecule has 1 N–H and O–H groups in total. The number of hydrogen-bond donors (Lipinski definition) is 1. The molecule has 0 aliphatic carbocycles. The van der Waals surface area contributed by atoms with E-state index in [1.165, 1.54) is 25.9 Å². The highest BCUT2D eigenvalue weighted by molar-refractivity contribution is 7.08. The molecule has 1 aliphatic rings. The third-order valence-corrected chi connectivity index (χ3v) is 3.74. The van der Waals surface area contributed by atoms with Crippen molar-refractivity contribution < 1.29 is 5.21 Å². The molecule has 0 atom stereocenters. The predicted octanol–water partition coefficient (Wildman–Crippen LogP) is 2.80. The van der Waals surface area contributed by atoms with E-state index >= 15 is 0 Å². The molecule has 0 unspecified atom stereocenters. The van der Waals surface area contributed by atoms with Crippen molar-refractivity contribution in [3.63, 3.8) is 0 Å². The summed E-state index contributed by atoms with van der Waals surface area (Å²) in [7, 11) is 0. The highest BCUT2D eigenvalue weighted by atomic mass is 32.1. The first-order valence-electron chi connectivity index (χ1n) is 5.86. The number of rotatable bonds is 5. The van der Waals surface area contributed by atoms with Crippen molar-refractivity contribution in [2.24, 2.45) is 5.16 Å². The van der Waals surface area contributed by atoms with Gasteiger partial charge in [-0.25, -0.2) is 0 Å². The van der Waals surface area contributed by atoms with E-state index in [4.69, 9.17) is 5.21 Å². The van der Waals surface area contributed by atoms with Gasteiger partial charge in [0.1, 0.15) is 0 Å². The maximum absolute atomic E-state index is 8.97. The summed E-state index contributed by atoms with van der Waals surface area (Å²) < 4.78 is 0. The first kappa shape index (κ1) is 11.6. The summed E-state index contributed by atoms with van der Waals surface area (Å²) in [4.78, 5) is 2.49. The Labute approximate surface area is 100 Å². The second-order valence-corrected chi connectivity index (χ2v) is 4.99. The smallest absolute Gasteiger partial charge is 0.0876 e. The molecular weight excluding hydrogens is 220 g/mol. The minimum Gasteiger partial charge on any atom is -0.411 e. The lowest BCUT2D eigenvalue weighted by atomic mass is 10.1. The van der Waals surface area contributed by atoms with Crippen molar-refractivity contribution in [2.75, 3.05) is 19.6 Å². The topological polar surface area (TPSA) is 35.8 Å². The van der Waals surface area contributed by atoms with Gasteiger partial charge < -0.3 is 10.1 Å². The van der Waals surface area contributed by atoms with Gasteiger partial charge in [-0.15, -0.1) is 0 Å². The SMILES string of the molecule is O/N=C(\CCCN1CCCC1)c1ccsc1. The van der Waals surface area contributed by atoms with Gasteiger partial charge in [-0.2, -0.15) is 11.3 Å². The van der Waals surface area contributed by atoms with Crippen LogP contribution in [0.3, 0.4) is 0 Å². The van der Waals surface area contributed by atoms with Crippen LogP contribution in [0.4, 0.5) is 0 Å². The lowest BCUT2D eigenvalue weighted by Crippen LogP contribution is -2.21. The largest absolute Gasteiger partial charge is 0.411 e. The fourth-order valence-corrected chi connectivity index (χ4v) is 2.82. The molecule has 4 heteroatoms. The molecule has 88 valence electrons. The van der Waals surface area contributed by atoms with Gasteiger partial charge in [-0.3, -0.25) is 0 Å². The number of hydrogen-bond acceptors (Lipinski definition) is 4. The first-order chi connectivity index (χ1) is 7.90. The lowest BCUT2D eigenvalue weighted by molar-refractivity contribution is 0.314. The molecule has 0 amide bonds. The molecule has 0 radical (unpaired) electrons. The Morgan fingerprint density at radius 3 is 2.88 bits per heavy atom. The number of likely N-dealkylation sites (tertiary alicyclic amines) is 1. The lowest BCUT2D eigenvalue weighted by Gasteiger charge is -2.13. The van der Waals surface area contributed by atoms with E-state index in [0.717, 1.165) is 30.7 Å². The number of nitrogens with zero attached hydrogens (tertiary/aromatic N) is 2. The van der Waals surface area contributed by atoms with Crippen LogP contribution in [0.1, 0.15) is 31.2 Å². The van der Waals surface area contributed by atoms with E-state index in [1.54, 1.807) is 11.3 Å². The quantitative estimate of drug-likeness (QED) is 0.486. The van der Waals surface area contributed by atoms with E-state index in [1.807, 2.05) is 16.8 Å². The monoisotopic (exact) mass is 238 g/mol. The number of thiophene rings is 1. The fraction of sp³-hybridized carbons (Fsp3) is 0.583. The van der Waals surface area contributed by atoms with Crippen LogP contribution in [-0.2, 0) is 0 Å². The summed E-state index contributed by atoms with van der Waals surface area (Å²) in [6.45, 7) is 3.61. The second kappa shape index (κ2) is 6.01. The van der Waals surface area contributed by atoms with E-state index in [2.05, 4.69) is 10.1 Å². The van der Waals surface area contributed by atoms with Gasteiger partial charge in [0.05, 0.1) is 5.71 Å². The molecule has 1 aromatic heterocycles. The fourth-order valence-electron chi connectivity index (χ4n) is 2.16. The van der Waals surface area contributed by atoms with Gasteiger partial charge in [0, 0.05) is 5.56 Å². The summed E-state index contributed by atoms with van der Waals surface area (Å²) >= 11 is 1.64. The zero-order chi connectivity index (χ0) is 11.2. The maximum atomic E-state index is 8.97. The van der Waals surface area contributed by atoms with Crippen molar-refractivity contribution in [3.8, 4) is 0 Å². The van der Waals surface area contributed by atoms with Crippen LogP contribution in [-0.4, -0.2) is 35.5 Å². The molecule has 0 saturated carbocycles. The Balaban J connectivity index is 1.75. The Kier molecular flexibility index (Phi) is 4.36. The van der Waals surface area contributed by atoms with E-state index in [-0.39, 0.29) is 0 Å². The first-order valence-corrected chi connectivity index (χ1v) is 6.80. The van der Waals surface area contributed by atoms with Crippen LogP contribution in [0.2, 0.25) is 0 Å². The van der Waals surface area contributed by atoms with E-state index < -0.39 is 0 Å². The molecule has 1 aromatic rings. The normalized spacial score (nSPS) is 18.1. The molecule has 0 bridgehead atoms. The van der Waals surface area contributed by atoms with Gasteiger partial charge in [0.25, 0.3) is 0 Å². The molecular formula is C12H18N2OS. The van der Waals surface area contributed by atoms with Crippen molar-refractivity contribution in [2.45, 2.75) is 25.7 Å². The third kappa shape index (κ3) is 3.06. The molecule has 16 heavy (non-hydrogen) atoms. The highest BCUT2D eigenvalue weighted by Gasteiger charge is 2.11. The molecule has 0 aromatic carbocycles. The molecule has 1 fully saturated rings. The van der Waals surface area contributed by atoms with Gasteiger partial charge >= 0.3 is 0 Å². The molecule has 2 rings (SSSR count). The summed E-state index contributed by atoms with van der Waals surface area (Å²) in [6.07, 6.45) is 4.62. The summed E-state index contributed by atoms with van der Waals surface area (Å²) in [5.74, 6) is 0. The van der Waals surface area contributed by atoms with Crippen LogP contribution in [0, 0.1) is 0 Å². The summed E-state index contributed by atoms with van der Waals surface area (Å²) in [5, 5.41) is 16.4. The van der Waals surface area contributed by atoms with Crippen molar-refractivity contribution >= 4 is 17.0 Å². The van der Waals surface area contributed by atoms with Gasteiger partial charge in [0.2, 0.25) is 0 Å². The third-order valence-electron chi connectivity index (χ3n) is 3.06. The predicted molar refractivity (Wildman–Crippen MR) is 67.6 cm³/mol. The van der Waals surface area contributed by atoms with Crippen LogP contribution >= 0.6 is 11.3 Å². The minimum absolute atomic E-state index is 0.820. The Bertz CT molecular complexity index is 329. The zero-order valence-corrected chi connectivity index (χ0v) is 10.2. The molecule has 1 aliphatic heterocycles. The Morgan fingerprint density at radius 2 is 2.25 bits per heavy atom. The molecule has 2 heterocycles. The van der Waals surface area contributed by atoms with Crippen LogP contribution in [0.5, 0.6) is 0 Å². The average Bonchev–Trinajstić information content (AvgIpc) is 2.96. The highest BCUT2D eigenvalue weighted by Crippen LogP contribution is 2.13. The van der Waals surface area contributed by atoms with Crippen LogP contribution < -0.4 is 0 Å². The number of oxime groups is 1. The molecule has 1 saturated heterocycles. The standard InChI is InChI=1S/C12H18N2OS/c15-13-12(11-5-9-16-10-11)4-3-8-14-6-1-2-7-14/h5,9-10,15H,1-4,6-8H2/b13-12+. The second-order valence-electron chi connectivity index (χ2n) is 4.21. The maximum Gasteiger partial charge on any atom is 0.0876 e. The Morgan fingerprint density at radius 1 is 1.44 bits per heavy atom. The van der Waals surface area contributed by atoms with Crippen LogP contribution in [0.25, 0.3) is 0 Å². The Hall–Kier alpha value is -0.870. The minimum atomic E-state index is 0.820. The van der Waals surface area contributed by atoms with Crippen molar-refractivity contribution in [1.29, 1.82) is 0 Å². The van der Waals surface area contributed by atoms with E-state index in [0.29, 0.717) is 0 Å². The summed E-state index contributed by atoms with van der Waals surface area (Å²) in [6, 6.07) is 2.01. The summed E-state index contributed by atoms with van der Waals surface area (Å²) in [5.41, 5.74) is 1.88. The van der Waals surface area contributed by atoms with Gasteiger partial charge in [0.15, 0.2) is 0 Å². The van der Waals surface area contributed by atoms with E-state index in [9.17, 15) is 0 Å². The zero-order valence-electron chi connectivity index (χ0n) is 9.43. The molecule has 0 spiro atoms. The molecule has 3 nitrogen and oxygen atoms in total.